The Bertz CT molecular complexity index is 519. The molecule has 0 bridgehead atoms. The van der Waals surface area contributed by atoms with Gasteiger partial charge in [-0.25, -0.2) is 0 Å². The first-order valence-electron chi connectivity index (χ1n) is 8.67. The maximum atomic E-state index is 12.2. The maximum Gasteiger partial charge on any atom is 0.273 e. The van der Waals surface area contributed by atoms with Crippen LogP contribution in [0.25, 0.3) is 0 Å². The first kappa shape index (κ1) is 16.3. The van der Waals surface area contributed by atoms with Crippen LogP contribution in [0.15, 0.2) is 6.20 Å². The number of nitrogens with one attached hydrogen (secondary N) is 1. The van der Waals surface area contributed by atoms with Gasteiger partial charge in [0.25, 0.3) is 5.91 Å². The Morgan fingerprint density at radius 2 is 2.09 bits per heavy atom. The van der Waals surface area contributed by atoms with Gasteiger partial charge in [0.15, 0.2) is 5.69 Å². The van der Waals surface area contributed by atoms with Crippen LogP contribution < -0.4 is 11.1 Å². The molecule has 2 aliphatic rings. The average molecular weight is 321 g/mol. The zero-order chi connectivity index (χ0) is 16.1. The molecule has 128 valence electrons. The standard InChI is InChI=1S/C16H27N5O2/c17-14-12-21(13-4-1-2-5-13)19-15(14)16(22)18-6-3-7-20-8-10-23-11-9-20/h12-13H,1-11,17H2,(H,18,22). The smallest absolute Gasteiger partial charge is 0.273 e. The number of nitrogens with zero attached hydrogens (tertiary/aromatic N) is 3. The molecule has 7 heteroatoms. The first-order chi connectivity index (χ1) is 11.2. The molecule has 1 aromatic heterocycles. The highest BCUT2D eigenvalue weighted by Gasteiger charge is 2.21. The van der Waals surface area contributed by atoms with Crippen molar-refractivity contribution >= 4 is 11.6 Å². The Kier molecular flexibility index (Phi) is 5.51. The van der Waals surface area contributed by atoms with E-state index in [0.717, 1.165) is 52.1 Å². The molecule has 3 N–H and O–H groups in total. The fourth-order valence-electron chi connectivity index (χ4n) is 3.35. The topological polar surface area (TPSA) is 85.4 Å². The van der Waals surface area contributed by atoms with Crippen LogP contribution in [0.5, 0.6) is 0 Å². The molecule has 1 aliphatic heterocycles. The number of morpholine rings is 1. The van der Waals surface area contributed by atoms with Gasteiger partial charge in [0.05, 0.1) is 24.9 Å². The highest BCUT2D eigenvalue weighted by molar-refractivity contribution is 5.96. The fourth-order valence-corrected chi connectivity index (χ4v) is 3.35. The van der Waals surface area contributed by atoms with Crippen LogP contribution in [0.4, 0.5) is 5.69 Å². The largest absolute Gasteiger partial charge is 0.396 e. The molecule has 1 amide bonds. The van der Waals surface area contributed by atoms with E-state index in [9.17, 15) is 4.79 Å². The Morgan fingerprint density at radius 1 is 1.35 bits per heavy atom. The SMILES string of the molecule is Nc1cn(C2CCCC2)nc1C(=O)NCCCN1CCOCC1. The molecule has 3 rings (SSSR count). The molecule has 1 aliphatic carbocycles. The summed E-state index contributed by atoms with van der Waals surface area (Å²) in [5, 5.41) is 7.34. The van der Waals surface area contributed by atoms with E-state index in [1.54, 1.807) is 6.20 Å². The molecular formula is C16H27N5O2. The molecule has 0 atom stereocenters. The highest BCUT2D eigenvalue weighted by atomic mass is 16.5. The number of hydrogen-bond donors (Lipinski definition) is 2. The zero-order valence-corrected chi connectivity index (χ0v) is 13.7. The Hall–Kier alpha value is -1.60. The second-order valence-electron chi connectivity index (χ2n) is 6.41. The number of rotatable bonds is 6. The minimum absolute atomic E-state index is 0.166. The maximum absolute atomic E-state index is 12.2. The molecule has 2 fully saturated rings. The van der Waals surface area contributed by atoms with Crippen molar-refractivity contribution < 1.29 is 9.53 Å². The van der Waals surface area contributed by atoms with Crippen molar-refractivity contribution in [1.29, 1.82) is 0 Å². The molecule has 23 heavy (non-hydrogen) atoms. The van der Waals surface area contributed by atoms with E-state index in [-0.39, 0.29) is 5.91 Å². The predicted octanol–water partition coefficient (Wildman–Crippen LogP) is 1.03. The average Bonchev–Trinajstić information content (AvgIpc) is 3.21. The van der Waals surface area contributed by atoms with E-state index >= 15 is 0 Å². The van der Waals surface area contributed by atoms with Crippen molar-refractivity contribution in [2.75, 3.05) is 45.1 Å². The van der Waals surface area contributed by atoms with E-state index in [0.29, 0.717) is 24.0 Å². The monoisotopic (exact) mass is 321 g/mol. The summed E-state index contributed by atoms with van der Waals surface area (Å²) < 4.78 is 7.20. The molecule has 2 heterocycles. The number of hydrogen-bond acceptors (Lipinski definition) is 5. The molecule has 0 unspecified atom stereocenters. The molecule has 1 saturated heterocycles. The van der Waals surface area contributed by atoms with E-state index in [2.05, 4.69) is 15.3 Å². The third-order valence-electron chi connectivity index (χ3n) is 4.71. The number of nitrogens with two attached hydrogens (primary N) is 1. The Labute approximate surface area is 137 Å². The van der Waals surface area contributed by atoms with Crippen LogP contribution >= 0.6 is 0 Å². The summed E-state index contributed by atoms with van der Waals surface area (Å²) in [6.45, 7) is 5.20. The molecule has 7 nitrogen and oxygen atoms in total. The Balaban J connectivity index is 1.44. The fraction of sp³-hybridized carbons (Fsp3) is 0.750. The summed E-state index contributed by atoms with van der Waals surface area (Å²) in [4.78, 5) is 14.6. The number of anilines is 1. The van der Waals surface area contributed by atoms with Crippen LogP contribution in [-0.2, 0) is 4.74 Å². The predicted molar refractivity (Wildman–Crippen MR) is 88.4 cm³/mol. The third-order valence-corrected chi connectivity index (χ3v) is 4.71. The van der Waals surface area contributed by atoms with E-state index < -0.39 is 0 Å². The van der Waals surface area contributed by atoms with Crippen LogP contribution in [0.2, 0.25) is 0 Å². The lowest BCUT2D eigenvalue weighted by Crippen LogP contribution is -2.38. The number of carbonyl (C=O) groups is 1. The van der Waals surface area contributed by atoms with Gasteiger partial charge in [-0.1, -0.05) is 12.8 Å². The summed E-state index contributed by atoms with van der Waals surface area (Å²) in [6.07, 6.45) is 7.44. The van der Waals surface area contributed by atoms with Gasteiger partial charge in [-0.2, -0.15) is 5.10 Å². The van der Waals surface area contributed by atoms with Gasteiger partial charge in [-0.3, -0.25) is 14.4 Å². The summed E-state index contributed by atoms with van der Waals surface area (Å²) in [5.74, 6) is -0.166. The third kappa shape index (κ3) is 4.23. The zero-order valence-electron chi connectivity index (χ0n) is 13.7. The van der Waals surface area contributed by atoms with Gasteiger partial charge in [-0.05, 0) is 25.8 Å². The second kappa shape index (κ2) is 7.79. The highest BCUT2D eigenvalue weighted by Crippen LogP contribution is 2.29. The lowest BCUT2D eigenvalue weighted by atomic mass is 10.3. The van der Waals surface area contributed by atoms with Gasteiger partial charge in [-0.15, -0.1) is 0 Å². The van der Waals surface area contributed by atoms with Gasteiger partial charge in [0.1, 0.15) is 0 Å². The van der Waals surface area contributed by atoms with Crippen LogP contribution in [0.3, 0.4) is 0 Å². The van der Waals surface area contributed by atoms with Crippen molar-refractivity contribution in [3.63, 3.8) is 0 Å². The molecule has 0 radical (unpaired) electrons. The van der Waals surface area contributed by atoms with E-state index in [4.69, 9.17) is 10.5 Å². The minimum atomic E-state index is -0.166. The normalized spacial score (nSPS) is 20.0. The van der Waals surface area contributed by atoms with Crippen molar-refractivity contribution in [2.24, 2.45) is 0 Å². The lowest BCUT2D eigenvalue weighted by molar-refractivity contribution is 0.0374. The van der Waals surface area contributed by atoms with E-state index in [1.165, 1.54) is 12.8 Å². The van der Waals surface area contributed by atoms with Crippen LogP contribution in [-0.4, -0.2) is 60.0 Å². The summed E-state index contributed by atoms with van der Waals surface area (Å²) >= 11 is 0. The summed E-state index contributed by atoms with van der Waals surface area (Å²) in [5.41, 5.74) is 6.80. The number of aromatic nitrogens is 2. The molecule has 0 aromatic carbocycles. The first-order valence-corrected chi connectivity index (χ1v) is 8.67. The quantitative estimate of drug-likeness (QED) is 0.765. The van der Waals surface area contributed by atoms with Crippen molar-refractivity contribution in [2.45, 2.75) is 38.1 Å². The molecule has 1 saturated carbocycles. The van der Waals surface area contributed by atoms with Gasteiger partial charge < -0.3 is 15.8 Å². The number of nitrogen functional groups attached to an aromatic ring is 1. The second-order valence-corrected chi connectivity index (χ2v) is 6.41. The summed E-state index contributed by atoms with van der Waals surface area (Å²) in [7, 11) is 0. The Morgan fingerprint density at radius 3 is 2.83 bits per heavy atom. The number of amides is 1. The molecular weight excluding hydrogens is 294 g/mol. The molecule has 1 aromatic rings. The lowest BCUT2D eigenvalue weighted by Gasteiger charge is -2.26. The van der Waals surface area contributed by atoms with Gasteiger partial charge in [0.2, 0.25) is 0 Å². The summed E-state index contributed by atoms with van der Waals surface area (Å²) in [6, 6.07) is 0.403. The van der Waals surface area contributed by atoms with Crippen LogP contribution in [0.1, 0.15) is 48.6 Å². The van der Waals surface area contributed by atoms with Crippen molar-refractivity contribution in [3.8, 4) is 0 Å². The van der Waals surface area contributed by atoms with Gasteiger partial charge in [0, 0.05) is 25.8 Å². The molecule has 0 spiro atoms. The van der Waals surface area contributed by atoms with Crippen molar-refractivity contribution in [1.82, 2.24) is 20.0 Å². The number of carbonyl (C=O) groups excluding carboxylic acids is 1. The van der Waals surface area contributed by atoms with Crippen LogP contribution in [0, 0.1) is 0 Å². The van der Waals surface area contributed by atoms with E-state index in [1.807, 2.05) is 4.68 Å². The number of ether oxygens (including phenoxy) is 1. The van der Waals surface area contributed by atoms with Gasteiger partial charge >= 0.3 is 0 Å². The minimum Gasteiger partial charge on any atom is -0.396 e. The van der Waals surface area contributed by atoms with Crippen molar-refractivity contribution in [3.05, 3.63) is 11.9 Å².